The second kappa shape index (κ2) is 5.60. The fraction of sp³-hybridized carbons (Fsp3) is 0.933. The van der Waals surface area contributed by atoms with Crippen molar-refractivity contribution in [3.63, 3.8) is 0 Å². The van der Waals surface area contributed by atoms with E-state index in [0.29, 0.717) is 11.9 Å². The van der Waals surface area contributed by atoms with Crippen LogP contribution in [0, 0.1) is 5.41 Å². The smallest absolute Gasteiger partial charge is 0.241 e. The SMILES string of the molecule is CCCCC1NCN(C2CCCCC2(C)C)C1=O. The third kappa shape index (κ3) is 2.71. The molecule has 2 aliphatic rings. The van der Waals surface area contributed by atoms with Crippen LogP contribution in [-0.2, 0) is 4.79 Å². The van der Waals surface area contributed by atoms with Gasteiger partial charge in [0.25, 0.3) is 0 Å². The van der Waals surface area contributed by atoms with Gasteiger partial charge in [-0.05, 0) is 24.7 Å². The Labute approximate surface area is 111 Å². The van der Waals surface area contributed by atoms with Crippen molar-refractivity contribution >= 4 is 5.91 Å². The lowest BCUT2D eigenvalue weighted by atomic mass is 9.72. The molecule has 0 aromatic carbocycles. The first-order valence-electron chi connectivity index (χ1n) is 7.60. The van der Waals surface area contributed by atoms with Crippen molar-refractivity contribution in [1.82, 2.24) is 10.2 Å². The molecule has 0 spiro atoms. The van der Waals surface area contributed by atoms with Gasteiger partial charge in [-0.15, -0.1) is 0 Å². The van der Waals surface area contributed by atoms with Crippen LogP contribution in [-0.4, -0.2) is 29.6 Å². The van der Waals surface area contributed by atoms with E-state index in [-0.39, 0.29) is 11.5 Å². The van der Waals surface area contributed by atoms with Gasteiger partial charge in [0.05, 0.1) is 12.7 Å². The molecule has 1 heterocycles. The summed E-state index contributed by atoms with van der Waals surface area (Å²) in [6.45, 7) is 7.59. The third-order valence-electron chi connectivity index (χ3n) is 4.76. The summed E-state index contributed by atoms with van der Waals surface area (Å²) in [6.07, 6.45) is 8.34. The molecule has 0 aromatic rings. The first-order chi connectivity index (χ1) is 8.56. The predicted molar refractivity (Wildman–Crippen MR) is 74.2 cm³/mol. The van der Waals surface area contributed by atoms with Gasteiger partial charge in [0, 0.05) is 6.04 Å². The molecule has 0 bridgehead atoms. The Hall–Kier alpha value is -0.570. The maximum atomic E-state index is 12.5. The van der Waals surface area contributed by atoms with Gasteiger partial charge in [-0.25, -0.2) is 0 Å². The minimum absolute atomic E-state index is 0.0858. The van der Waals surface area contributed by atoms with Gasteiger partial charge in [0.2, 0.25) is 5.91 Å². The van der Waals surface area contributed by atoms with E-state index in [1.807, 2.05) is 0 Å². The van der Waals surface area contributed by atoms with E-state index < -0.39 is 0 Å². The maximum Gasteiger partial charge on any atom is 0.241 e. The molecule has 104 valence electrons. The molecule has 1 saturated heterocycles. The average Bonchev–Trinajstić information content (AvgIpc) is 2.68. The highest BCUT2D eigenvalue weighted by atomic mass is 16.2. The highest BCUT2D eigenvalue weighted by molar-refractivity contribution is 5.84. The maximum absolute atomic E-state index is 12.5. The third-order valence-corrected chi connectivity index (χ3v) is 4.76. The fourth-order valence-corrected chi connectivity index (χ4v) is 3.52. The Balaban J connectivity index is 1.99. The van der Waals surface area contributed by atoms with E-state index in [4.69, 9.17) is 0 Å². The van der Waals surface area contributed by atoms with Crippen molar-refractivity contribution in [1.29, 1.82) is 0 Å². The average molecular weight is 252 g/mol. The number of unbranched alkanes of at least 4 members (excludes halogenated alkanes) is 1. The van der Waals surface area contributed by atoms with Gasteiger partial charge < -0.3 is 4.90 Å². The highest BCUT2D eigenvalue weighted by Crippen LogP contribution is 2.39. The van der Waals surface area contributed by atoms with Crippen molar-refractivity contribution in [2.45, 2.75) is 77.8 Å². The summed E-state index contributed by atoms with van der Waals surface area (Å²) in [5.41, 5.74) is 0.287. The second-order valence-electron chi connectivity index (χ2n) is 6.62. The summed E-state index contributed by atoms with van der Waals surface area (Å²) in [5.74, 6) is 0.350. The number of nitrogens with zero attached hydrogens (tertiary/aromatic N) is 1. The zero-order chi connectivity index (χ0) is 13.2. The molecule has 1 aliphatic carbocycles. The van der Waals surface area contributed by atoms with Crippen molar-refractivity contribution in [2.24, 2.45) is 5.41 Å². The Kier molecular flexibility index (Phi) is 4.31. The summed E-state index contributed by atoms with van der Waals surface area (Å²) in [5, 5.41) is 3.40. The Bertz CT molecular complexity index is 301. The summed E-state index contributed by atoms with van der Waals surface area (Å²) in [6, 6.07) is 0.528. The van der Waals surface area contributed by atoms with Crippen molar-refractivity contribution < 1.29 is 4.79 Å². The lowest BCUT2D eigenvalue weighted by Gasteiger charge is -2.43. The minimum Gasteiger partial charge on any atom is -0.325 e. The number of hydrogen-bond donors (Lipinski definition) is 1. The number of nitrogens with one attached hydrogen (secondary N) is 1. The van der Waals surface area contributed by atoms with Gasteiger partial charge in [-0.2, -0.15) is 0 Å². The van der Waals surface area contributed by atoms with Crippen LogP contribution in [0.4, 0.5) is 0 Å². The molecule has 1 N–H and O–H groups in total. The molecule has 18 heavy (non-hydrogen) atoms. The summed E-state index contributed by atoms with van der Waals surface area (Å²) < 4.78 is 0. The molecule has 1 aliphatic heterocycles. The molecule has 1 saturated carbocycles. The second-order valence-corrected chi connectivity index (χ2v) is 6.62. The van der Waals surface area contributed by atoms with Gasteiger partial charge in [-0.1, -0.05) is 46.5 Å². The van der Waals surface area contributed by atoms with Gasteiger partial charge >= 0.3 is 0 Å². The van der Waals surface area contributed by atoms with Crippen LogP contribution in [0.3, 0.4) is 0 Å². The summed E-state index contributed by atoms with van der Waals surface area (Å²) in [7, 11) is 0. The first kappa shape index (κ1) is 13.9. The number of rotatable bonds is 4. The summed E-state index contributed by atoms with van der Waals surface area (Å²) >= 11 is 0. The number of amides is 1. The lowest BCUT2D eigenvalue weighted by Crippen LogP contribution is -2.48. The fourth-order valence-electron chi connectivity index (χ4n) is 3.52. The highest BCUT2D eigenvalue weighted by Gasteiger charge is 2.42. The molecule has 3 nitrogen and oxygen atoms in total. The molecule has 3 heteroatoms. The number of hydrogen-bond acceptors (Lipinski definition) is 2. The monoisotopic (exact) mass is 252 g/mol. The van der Waals surface area contributed by atoms with Gasteiger partial charge in [-0.3, -0.25) is 10.1 Å². The van der Waals surface area contributed by atoms with E-state index in [2.05, 4.69) is 31.0 Å². The molecule has 0 aromatic heterocycles. The van der Waals surface area contributed by atoms with E-state index in [1.54, 1.807) is 0 Å². The first-order valence-corrected chi connectivity index (χ1v) is 7.60. The zero-order valence-corrected chi connectivity index (χ0v) is 12.2. The molecular formula is C15H28N2O. The minimum atomic E-state index is 0.0858. The van der Waals surface area contributed by atoms with Crippen LogP contribution in [0.15, 0.2) is 0 Å². The van der Waals surface area contributed by atoms with Crippen LogP contribution in [0.5, 0.6) is 0 Å². The molecule has 1 amide bonds. The van der Waals surface area contributed by atoms with Crippen molar-refractivity contribution in [3.8, 4) is 0 Å². The van der Waals surface area contributed by atoms with Crippen molar-refractivity contribution in [3.05, 3.63) is 0 Å². The lowest BCUT2D eigenvalue weighted by molar-refractivity contribution is -0.134. The zero-order valence-electron chi connectivity index (χ0n) is 12.2. The largest absolute Gasteiger partial charge is 0.325 e. The van der Waals surface area contributed by atoms with Crippen molar-refractivity contribution in [2.75, 3.05) is 6.67 Å². The summed E-state index contributed by atoms with van der Waals surface area (Å²) in [4.78, 5) is 14.6. The van der Waals surface area contributed by atoms with Crippen LogP contribution < -0.4 is 5.32 Å². The van der Waals surface area contributed by atoms with E-state index >= 15 is 0 Å². The van der Waals surface area contributed by atoms with Crippen LogP contribution >= 0.6 is 0 Å². The Morgan fingerprint density at radius 1 is 1.39 bits per heavy atom. The standard InChI is InChI=1S/C15H28N2O/c1-4-5-8-12-14(18)17(11-16-12)13-9-6-7-10-15(13,2)3/h12-13,16H,4-11H2,1-3H3. The van der Waals surface area contributed by atoms with E-state index in [0.717, 1.165) is 19.5 Å². The van der Waals surface area contributed by atoms with E-state index in [9.17, 15) is 4.79 Å². The van der Waals surface area contributed by atoms with Gasteiger partial charge in [0.1, 0.15) is 0 Å². The van der Waals surface area contributed by atoms with Crippen LogP contribution in [0.1, 0.15) is 65.7 Å². The predicted octanol–water partition coefficient (Wildman–Crippen LogP) is 2.90. The molecular weight excluding hydrogens is 224 g/mol. The molecule has 2 fully saturated rings. The Morgan fingerprint density at radius 2 is 2.17 bits per heavy atom. The van der Waals surface area contributed by atoms with Gasteiger partial charge in [0.15, 0.2) is 0 Å². The van der Waals surface area contributed by atoms with Crippen LogP contribution in [0.25, 0.3) is 0 Å². The normalized spacial score (nSPS) is 31.9. The number of carbonyl (C=O) groups excluding carboxylic acids is 1. The van der Waals surface area contributed by atoms with Crippen LogP contribution in [0.2, 0.25) is 0 Å². The number of carbonyl (C=O) groups is 1. The topological polar surface area (TPSA) is 32.3 Å². The quantitative estimate of drug-likeness (QED) is 0.834. The van der Waals surface area contributed by atoms with E-state index in [1.165, 1.54) is 32.1 Å². The molecule has 2 atom stereocenters. The molecule has 2 rings (SSSR count). The molecule has 2 unspecified atom stereocenters. The Morgan fingerprint density at radius 3 is 2.83 bits per heavy atom. The molecule has 0 radical (unpaired) electrons.